The molecule has 0 fully saturated rings. The van der Waals surface area contributed by atoms with Gasteiger partial charge in [0.1, 0.15) is 0 Å². The number of fused-ring (bicyclic) bond motifs is 1. The second-order valence-electron chi connectivity index (χ2n) is 8.02. The summed E-state index contributed by atoms with van der Waals surface area (Å²) in [4.78, 5) is 25.8. The normalized spacial score (nSPS) is 13.0. The molecule has 0 atom stereocenters. The van der Waals surface area contributed by atoms with Gasteiger partial charge in [-0.3, -0.25) is 14.9 Å². The van der Waals surface area contributed by atoms with Crippen molar-refractivity contribution >= 4 is 28.8 Å². The molecule has 36 heavy (non-hydrogen) atoms. The van der Waals surface area contributed by atoms with Gasteiger partial charge in [0.15, 0.2) is 5.69 Å². The zero-order chi connectivity index (χ0) is 25.2. The summed E-state index contributed by atoms with van der Waals surface area (Å²) in [5.41, 5.74) is 11.8. The molecule has 5 rings (SSSR count). The summed E-state index contributed by atoms with van der Waals surface area (Å²) in [5.74, 6) is -0.515. The van der Waals surface area contributed by atoms with Crippen LogP contribution in [0.1, 0.15) is 34.2 Å². The zero-order valence-corrected chi connectivity index (χ0v) is 19.0. The fourth-order valence-electron chi connectivity index (χ4n) is 3.98. The lowest BCUT2D eigenvalue weighted by molar-refractivity contribution is -0.384. The number of carbonyl (C=O) groups is 1. The number of nitro benzene ring substituents is 1. The maximum absolute atomic E-state index is 13.1. The lowest BCUT2D eigenvalue weighted by Crippen LogP contribution is -2.26. The number of aromatic nitrogens is 5. The molecule has 0 aliphatic carbocycles. The van der Waals surface area contributed by atoms with Crippen LogP contribution in [0.15, 0.2) is 58.3 Å². The topological polar surface area (TPSA) is 183 Å². The maximum atomic E-state index is 13.1. The van der Waals surface area contributed by atoms with E-state index in [4.69, 9.17) is 10.4 Å². The molecule has 14 nitrogen and oxygen atoms in total. The third-order valence-electron chi connectivity index (χ3n) is 5.80. The molecule has 14 heteroatoms. The second-order valence-corrected chi connectivity index (χ2v) is 8.02. The van der Waals surface area contributed by atoms with E-state index in [2.05, 4.69) is 42.1 Å². The predicted molar refractivity (Wildman–Crippen MR) is 128 cm³/mol. The number of rotatable bonds is 7. The monoisotopic (exact) mass is 488 g/mol. The van der Waals surface area contributed by atoms with Crippen LogP contribution < -0.4 is 16.1 Å². The molecular formula is C22H20N10O4. The number of nitrogens with two attached hydrogens (primary N) is 1. The van der Waals surface area contributed by atoms with E-state index in [1.807, 2.05) is 18.2 Å². The van der Waals surface area contributed by atoms with E-state index in [-0.39, 0.29) is 29.6 Å². The summed E-state index contributed by atoms with van der Waals surface area (Å²) in [6.07, 6.45) is 0.861. The summed E-state index contributed by atoms with van der Waals surface area (Å²) in [6.45, 7) is 2.65. The highest BCUT2D eigenvalue weighted by Gasteiger charge is 2.28. The predicted octanol–water partition coefficient (Wildman–Crippen LogP) is 1.86. The molecular weight excluding hydrogens is 468 g/mol. The number of hydrogen-bond donors (Lipinski definition) is 2. The second kappa shape index (κ2) is 9.25. The Morgan fingerprint density at radius 2 is 2.08 bits per heavy atom. The lowest BCUT2D eigenvalue weighted by Gasteiger charge is -2.19. The Hall–Kier alpha value is -5.14. The largest absolute Gasteiger partial charge is 0.378 e. The molecule has 1 aliphatic heterocycles. The summed E-state index contributed by atoms with van der Waals surface area (Å²) in [5, 5.41) is 30.7. The number of amides is 1. The molecule has 2 aromatic carbocycles. The Morgan fingerprint density at radius 3 is 2.86 bits per heavy atom. The Balaban J connectivity index is 1.45. The lowest BCUT2D eigenvalue weighted by atomic mass is 10.1. The Labute approximate surface area is 203 Å². The van der Waals surface area contributed by atoms with Crippen LogP contribution in [-0.2, 0) is 13.0 Å². The standard InChI is InChI=1S/C22H20N10O4/c1-13(15-6-4-7-16(11-15)32(34)35)24-26-22(33)19-18(31(29-25-19)21-20(23)27-36-28-21)12-30-10-9-14-5-2-3-8-17(14)30/h2-8,11H,9-10,12H2,1H3,(H2,23,27)(H,26,33)/b24-13-. The van der Waals surface area contributed by atoms with Crippen LogP contribution in [-0.4, -0.2) is 48.4 Å². The van der Waals surface area contributed by atoms with Crippen LogP contribution in [0.3, 0.4) is 0 Å². The molecule has 182 valence electrons. The summed E-state index contributed by atoms with van der Waals surface area (Å²) < 4.78 is 6.03. The van der Waals surface area contributed by atoms with Gasteiger partial charge in [-0.05, 0) is 35.3 Å². The fraction of sp³-hybridized carbons (Fsp3) is 0.182. The molecule has 0 spiro atoms. The van der Waals surface area contributed by atoms with Crippen molar-refractivity contribution in [3.05, 3.63) is 81.2 Å². The highest BCUT2D eigenvalue weighted by Crippen LogP contribution is 2.30. The highest BCUT2D eigenvalue weighted by molar-refractivity contribution is 6.01. The number of nitro groups is 1. The number of nitrogens with zero attached hydrogens (tertiary/aromatic N) is 8. The van der Waals surface area contributed by atoms with E-state index in [1.54, 1.807) is 19.1 Å². The van der Waals surface area contributed by atoms with E-state index in [1.165, 1.54) is 22.4 Å². The molecule has 0 saturated heterocycles. The van der Waals surface area contributed by atoms with Crippen molar-refractivity contribution in [1.29, 1.82) is 0 Å². The molecule has 0 saturated carbocycles. The number of nitrogen functional groups attached to an aromatic ring is 1. The number of hydrogen-bond acceptors (Lipinski definition) is 11. The average Bonchev–Trinajstić information content (AvgIpc) is 3.61. The first-order chi connectivity index (χ1) is 17.4. The van der Waals surface area contributed by atoms with Crippen LogP contribution in [0.4, 0.5) is 17.2 Å². The molecule has 0 bridgehead atoms. The number of benzene rings is 2. The summed E-state index contributed by atoms with van der Waals surface area (Å²) in [7, 11) is 0. The van der Waals surface area contributed by atoms with Gasteiger partial charge in [-0.25, -0.2) is 10.1 Å². The molecule has 1 amide bonds. The van der Waals surface area contributed by atoms with Crippen molar-refractivity contribution in [3.8, 4) is 5.82 Å². The molecule has 4 aromatic rings. The number of carbonyl (C=O) groups excluding carboxylic acids is 1. The van der Waals surface area contributed by atoms with E-state index in [0.29, 0.717) is 17.0 Å². The van der Waals surface area contributed by atoms with Gasteiger partial charge < -0.3 is 10.6 Å². The van der Waals surface area contributed by atoms with Crippen molar-refractivity contribution in [2.75, 3.05) is 17.2 Å². The third kappa shape index (κ3) is 4.22. The van der Waals surface area contributed by atoms with Crippen molar-refractivity contribution in [1.82, 2.24) is 30.7 Å². The van der Waals surface area contributed by atoms with Crippen LogP contribution >= 0.6 is 0 Å². The summed E-state index contributed by atoms with van der Waals surface area (Å²) in [6, 6.07) is 14.0. The minimum Gasteiger partial charge on any atom is -0.378 e. The molecule has 2 aromatic heterocycles. The zero-order valence-electron chi connectivity index (χ0n) is 19.0. The fourth-order valence-corrected chi connectivity index (χ4v) is 3.98. The first-order valence-electron chi connectivity index (χ1n) is 10.9. The number of para-hydroxylation sites is 1. The van der Waals surface area contributed by atoms with Gasteiger partial charge in [0.2, 0.25) is 11.6 Å². The van der Waals surface area contributed by atoms with Crippen LogP contribution in [0.5, 0.6) is 0 Å². The maximum Gasteiger partial charge on any atom is 0.293 e. The Bertz CT molecular complexity index is 1490. The SMILES string of the molecule is C/C(=N/NC(=O)c1nnn(-c2nonc2N)c1CN1CCc2ccccc21)c1cccc([N+](=O)[O-])c1. The van der Waals surface area contributed by atoms with E-state index in [9.17, 15) is 14.9 Å². The first kappa shape index (κ1) is 22.6. The number of anilines is 2. The van der Waals surface area contributed by atoms with Crippen LogP contribution in [0.2, 0.25) is 0 Å². The molecule has 3 N–H and O–H groups in total. The van der Waals surface area contributed by atoms with Gasteiger partial charge in [0.05, 0.1) is 22.9 Å². The minimum atomic E-state index is -0.622. The van der Waals surface area contributed by atoms with E-state index >= 15 is 0 Å². The number of hydrazone groups is 1. The quantitative estimate of drug-likeness (QED) is 0.221. The smallest absolute Gasteiger partial charge is 0.293 e. The van der Waals surface area contributed by atoms with Gasteiger partial charge in [-0.15, -0.1) is 5.10 Å². The van der Waals surface area contributed by atoms with Crippen molar-refractivity contribution in [2.45, 2.75) is 19.9 Å². The molecule has 3 heterocycles. The Morgan fingerprint density at radius 1 is 1.25 bits per heavy atom. The third-order valence-corrected chi connectivity index (χ3v) is 5.80. The molecule has 0 unspecified atom stereocenters. The van der Waals surface area contributed by atoms with Gasteiger partial charge >= 0.3 is 0 Å². The number of non-ortho nitro benzene ring substituents is 1. The highest BCUT2D eigenvalue weighted by atomic mass is 16.6. The van der Waals surface area contributed by atoms with E-state index in [0.717, 1.165) is 18.7 Å². The van der Waals surface area contributed by atoms with Crippen LogP contribution in [0.25, 0.3) is 5.82 Å². The van der Waals surface area contributed by atoms with Gasteiger partial charge in [0.25, 0.3) is 11.6 Å². The van der Waals surface area contributed by atoms with Crippen molar-refractivity contribution in [3.63, 3.8) is 0 Å². The van der Waals surface area contributed by atoms with E-state index < -0.39 is 10.8 Å². The first-order valence-corrected chi connectivity index (χ1v) is 10.9. The summed E-state index contributed by atoms with van der Waals surface area (Å²) >= 11 is 0. The van der Waals surface area contributed by atoms with Crippen molar-refractivity contribution in [2.24, 2.45) is 5.10 Å². The van der Waals surface area contributed by atoms with Crippen molar-refractivity contribution < 1.29 is 14.3 Å². The minimum absolute atomic E-state index is 0.00512. The number of nitrogens with one attached hydrogen (secondary N) is 1. The van der Waals surface area contributed by atoms with Gasteiger partial charge in [-0.2, -0.15) is 9.78 Å². The van der Waals surface area contributed by atoms with Gasteiger partial charge in [-0.1, -0.05) is 35.5 Å². The molecule has 0 radical (unpaired) electrons. The van der Waals surface area contributed by atoms with Crippen LogP contribution in [0, 0.1) is 10.1 Å². The average molecular weight is 488 g/mol. The molecule has 1 aliphatic rings. The van der Waals surface area contributed by atoms with Gasteiger partial charge in [0, 0.05) is 29.9 Å². The Kier molecular flexibility index (Phi) is 5.82.